The van der Waals surface area contributed by atoms with Gasteiger partial charge in [-0.15, -0.1) is 0 Å². The Morgan fingerprint density at radius 2 is 2.00 bits per heavy atom. The number of hydrogen-bond donors (Lipinski definition) is 0. The molecule has 0 saturated carbocycles. The number of benzene rings is 2. The van der Waals surface area contributed by atoms with Crippen molar-refractivity contribution in [2.24, 2.45) is 4.99 Å². The van der Waals surface area contributed by atoms with Gasteiger partial charge in [0, 0.05) is 17.9 Å². The highest BCUT2D eigenvalue weighted by molar-refractivity contribution is 8.13. The predicted molar refractivity (Wildman–Crippen MR) is 92.1 cm³/mol. The highest BCUT2D eigenvalue weighted by Gasteiger charge is 2.24. The van der Waals surface area contributed by atoms with Gasteiger partial charge in [0.15, 0.2) is 5.17 Å². The van der Waals surface area contributed by atoms with Crippen LogP contribution in [-0.2, 0) is 6.54 Å². The first-order chi connectivity index (χ1) is 11.2. The third-order valence-electron chi connectivity index (χ3n) is 3.54. The summed E-state index contributed by atoms with van der Waals surface area (Å²) in [5.74, 6) is 0.354. The Bertz CT molecular complexity index is 718. The Kier molecular flexibility index (Phi) is 5.08. The van der Waals surface area contributed by atoms with Crippen LogP contribution in [0, 0.1) is 5.82 Å². The van der Waals surface area contributed by atoms with Crippen molar-refractivity contribution < 1.29 is 9.18 Å². The number of nitrogens with zero attached hydrogens (tertiary/aromatic N) is 2. The van der Waals surface area contributed by atoms with Crippen LogP contribution in [0.2, 0.25) is 0 Å². The smallest absolute Gasteiger partial charge is 0.259 e. The number of carbonyl (C=O) groups excluding carboxylic acids is 1. The highest BCUT2D eigenvalue weighted by atomic mass is 32.2. The maximum absolute atomic E-state index is 13.4. The molecule has 0 aliphatic carbocycles. The molecular weight excluding hydrogens is 311 g/mol. The number of aliphatic imine (C=N–C) groups is 1. The Hall–Kier alpha value is -2.14. The van der Waals surface area contributed by atoms with E-state index in [0.717, 1.165) is 22.9 Å². The van der Waals surface area contributed by atoms with Gasteiger partial charge in [0.2, 0.25) is 0 Å². The second kappa shape index (κ2) is 7.42. The van der Waals surface area contributed by atoms with Gasteiger partial charge in [0.05, 0.1) is 6.54 Å². The van der Waals surface area contributed by atoms with Gasteiger partial charge < -0.3 is 0 Å². The number of amides is 1. The molecule has 3 rings (SSSR count). The molecule has 0 spiro atoms. The maximum Gasteiger partial charge on any atom is 0.259 e. The quantitative estimate of drug-likeness (QED) is 0.854. The monoisotopic (exact) mass is 328 g/mol. The lowest BCUT2D eigenvalue weighted by Crippen LogP contribution is -2.39. The van der Waals surface area contributed by atoms with E-state index in [2.05, 4.69) is 4.99 Å². The van der Waals surface area contributed by atoms with E-state index >= 15 is 0 Å². The summed E-state index contributed by atoms with van der Waals surface area (Å²) in [7, 11) is 0. The third-order valence-corrected chi connectivity index (χ3v) is 4.65. The van der Waals surface area contributed by atoms with Gasteiger partial charge in [-0.3, -0.25) is 14.7 Å². The first kappa shape index (κ1) is 15.7. The zero-order valence-corrected chi connectivity index (χ0v) is 13.4. The fraction of sp³-hybridized carbons (Fsp3) is 0.222. The van der Waals surface area contributed by atoms with E-state index in [1.807, 2.05) is 30.3 Å². The van der Waals surface area contributed by atoms with Crippen LogP contribution in [0.15, 0.2) is 59.6 Å². The summed E-state index contributed by atoms with van der Waals surface area (Å²) in [5.41, 5.74) is 1.46. The van der Waals surface area contributed by atoms with Gasteiger partial charge >= 0.3 is 0 Å². The van der Waals surface area contributed by atoms with Crippen molar-refractivity contribution in [2.75, 3.05) is 12.3 Å². The Morgan fingerprint density at radius 1 is 1.17 bits per heavy atom. The Labute approximate surface area is 139 Å². The molecule has 2 aromatic carbocycles. The molecule has 1 amide bonds. The molecule has 0 bridgehead atoms. The summed E-state index contributed by atoms with van der Waals surface area (Å²) in [5, 5.41) is 0.717. The number of amidine groups is 1. The van der Waals surface area contributed by atoms with Gasteiger partial charge in [0.1, 0.15) is 5.82 Å². The van der Waals surface area contributed by atoms with Crippen LogP contribution in [0.25, 0.3) is 0 Å². The average Bonchev–Trinajstić information content (AvgIpc) is 2.60. The highest BCUT2D eigenvalue weighted by Crippen LogP contribution is 2.21. The molecule has 1 aliphatic heterocycles. The molecule has 1 aliphatic rings. The molecule has 1 fully saturated rings. The lowest BCUT2D eigenvalue weighted by Gasteiger charge is -2.28. The topological polar surface area (TPSA) is 32.7 Å². The van der Waals surface area contributed by atoms with E-state index < -0.39 is 5.82 Å². The van der Waals surface area contributed by atoms with Crippen molar-refractivity contribution in [3.8, 4) is 0 Å². The minimum Gasteiger partial charge on any atom is -0.287 e. The molecule has 3 nitrogen and oxygen atoms in total. The summed E-state index contributed by atoms with van der Waals surface area (Å²) in [6, 6.07) is 15.7. The van der Waals surface area contributed by atoms with Crippen molar-refractivity contribution in [3.63, 3.8) is 0 Å². The van der Waals surface area contributed by atoms with Crippen LogP contribution in [-0.4, -0.2) is 28.3 Å². The normalized spacial score (nSPS) is 16.6. The minimum absolute atomic E-state index is 0.191. The SMILES string of the molecule is O=C(c1cccc(F)c1)N1CCCSC1=NCc1ccccc1. The number of carbonyl (C=O) groups is 1. The predicted octanol–water partition coefficient (Wildman–Crippen LogP) is 3.96. The van der Waals surface area contributed by atoms with Crippen molar-refractivity contribution >= 4 is 22.8 Å². The summed E-state index contributed by atoms with van der Waals surface area (Å²) < 4.78 is 13.4. The molecule has 0 unspecified atom stereocenters. The van der Waals surface area contributed by atoms with Crippen LogP contribution < -0.4 is 0 Å². The summed E-state index contributed by atoms with van der Waals surface area (Å²) in [6.07, 6.45) is 0.913. The van der Waals surface area contributed by atoms with E-state index in [1.165, 1.54) is 12.1 Å². The molecule has 0 aromatic heterocycles. The number of thioether (sulfide) groups is 1. The van der Waals surface area contributed by atoms with Crippen molar-refractivity contribution in [3.05, 3.63) is 71.5 Å². The zero-order chi connectivity index (χ0) is 16.1. The first-order valence-corrected chi connectivity index (χ1v) is 8.51. The average molecular weight is 328 g/mol. The lowest BCUT2D eigenvalue weighted by molar-refractivity contribution is 0.0848. The van der Waals surface area contributed by atoms with E-state index in [1.54, 1.807) is 28.8 Å². The molecule has 1 heterocycles. The molecule has 118 valence electrons. The zero-order valence-electron chi connectivity index (χ0n) is 12.6. The summed E-state index contributed by atoms with van der Waals surface area (Å²) in [6.45, 7) is 1.16. The van der Waals surface area contributed by atoms with Crippen LogP contribution in [0.3, 0.4) is 0 Å². The fourth-order valence-electron chi connectivity index (χ4n) is 2.40. The van der Waals surface area contributed by atoms with Gasteiger partial charge in [-0.1, -0.05) is 48.2 Å². The minimum atomic E-state index is -0.400. The van der Waals surface area contributed by atoms with Crippen molar-refractivity contribution in [1.82, 2.24) is 4.90 Å². The van der Waals surface area contributed by atoms with Gasteiger partial charge in [-0.2, -0.15) is 0 Å². The standard InChI is InChI=1S/C18H17FN2OS/c19-16-9-4-8-15(12-16)17(22)21-10-5-11-23-18(21)20-13-14-6-2-1-3-7-14/h1-4,6-9,12H,5,10-11,13H2. The molecular formula is C18H17FN2OS. The van der Waals surface area contributed by atoms with E-state index in [-0.39, 0.29) is 5.91 Å². The lowest BCUT2D eigenvalue weighted by atomic mass is 10.2. The molecule has 0 atom stereocenters. The molecule has 23 heavy (non-hydrogen) atoms. The van der Waals surface area contributed by atoms with Crippen molar-refractivity contribution in [1.29, 1.82) is 0 Å². The maximum atomic E-state index is 13.4. The van der Waals surface area contributed by atoms with Gasteiger partial charge in [-0.25, -0.2) is 4.39 Å². The first-order valence-electron chi connectivity index (χ1n) is 7.52. The van der Waals surface area contributed by atoms with Crippen LogP contribution in [0.5, 0.6) is 0 Å². The molecule has 1 saturated heterocycles. The molecule has 0 radical (unpaired) electrons. The Morgan fingerprint density at radius 3 is 2.78 bits per heavy atom. The van der Waals surface area contributed by atoms with Gasteiger partial charge in [0.25, 0.3) is 5.91 Å². The van der Waals surface area contributed by atoms with Crippen LogP contribution in [0.4, 0.5) is 4.39 Å². The van der Waals surface area contributed by atoms with Gasteiger partial charge in [-0.05, 0) is 30.2 Å². The molecule has 0 N–H and O–H groups in total. The molecule has 2 aromatic rings. The number of rotatable bonds is 3. The van der Waals surface area contributed by atoms with Crippen LogP contribution in [0.1, 0.15) is 22.3 Å². The number of hydrogen-bond acceptors (Lipinski definition) is 3. The van der Waals surface area contributed by atoms with E-state index in [9.17, 15) is 9.18 Å². The van der Waals surface area contributed by atoms with E-state index in [0.29, 0.717) is 18.7 Å². The third kappa shape index (κ3) is 3.99. The molecule has 5 heteroatoms. The Balaban J connectivity index is 1.79. The largest absolute Gasteiger partial charge is 0.287 e. The summed E-state index contributed by atoms with van der Waals surface area (Å²) >= 11 is 1.58. The fourth-order valence-corrected chi connectivity index (χ4v) is 3.34. The van der Waals surface area contributed by atoms with E-state index in [4.69, 9.17) is 0 Å². The van der Waals surface area contributed by atoms with Crippen molar-refractivity contribution in [2.45, 2.75) is 13.0 Å². The van der Waals surface area contributed by atoms with Crippen LogP contribution >= 0.6 is 11.8 Å². The second-order valence-electron chi connectivity index (χ2n) is 5.25. The number of halogens is 1. The second-order valence-corrected chi connectivity index (χ2v) is 6.32. The summed E-state index contributed by atoms with van der Waals surface area (Å²) in [4.78, 5) is 18.9.